The number of aliphatic hydroxyl groups is 1. The molecular formula is C28H29N5O4. The van der Waals surface area contributed by atoms with Crippen LogP contribution in [-0.4, -0.2) is 80.6 Å². The third-order valence-electron chi connectivity index (χ3n) is 6.21. The zero-order valence-electron chi connectivity index (χ0n) is 21.0. The lowest BCUT2D eigenvalue weighted by Gasteiger charge is -2.37. The maximum absolute atomic E-state index is 13.5. The standard InChI is InChI=1S/C28H29N5O4/c1-19-16-33(20(2)18-34)27(35)23-14-21(10-11-22-8-4-6-12-29-22)15-31-26(23)37-25(19)17-32(3)28(36)24-9-5-7-13-30-24/h4-9,12-15,19-20,25,34H,16-18H2,1-3H3/t19-,20+,25+/m0/s1. The van der Waals surface area contributed by atoms with Crippen LogP contribution in [0.2, 0.25) is 0 Å². The lowest BCUT2D eigenvalue weighted by molar-refractivity contribution is 0.0312. The number of ether oxygens (including phenoxy) is 1. The Morgan fingerprint density at radius 1 is 1.19 bits per heavy atom. The highest BCUT2D eigenvalue weighted by atomic mass is 16.5. The number of nitrogens with zero attached hydrogens (tertiary/aromatic N) is 5. The number of aliphatic hydroxyl groups excluding tert-OH is 1. The van der Waals surface area contributed by atoms with E-state index in [-0.39, 0.29) is 42.3 Å². The van der Waals surface area contributed by atoms with Crippen molar-refractivity contribution in [2.24, 2.45) is 5.92 Å². The summed E-state index contributed by atoms with van der Waals surface area (Å²) in [5, 5.41) is 9.85. The Balaban J connectivity index is 1.65. The average molecular weight is 500 g/mol. The maximum atomic E-state index is 13.5. The molecule has 2 amide bonds. The van der Waals surface area contributed by atoms with E-state index in [1.165, 1.54) is 0 Å². The van der Waals surface area contributed by atoms with Crippen LogP contribution in [-0.2, 0) is 0 Å². The second kappa shape index (κ2) is 11.6. The molecule has 0 bridgehead atoms. The summed E-state index contributed by atoms with van der Waals surface area (Å²) in [5.41, 5.74) is 1.72. The van der Waals surface area contributed by atoms with Crippen LogP contribution < -0.4 is 4.74 Å². The van der Waals surface area contributed by atoms with Crippen molar-refractivity contribution in [1.29, 1.82) is 0 Å². The number of fused-ring (bicyclic) bond motifs is 1. The van der Waals surface area contributed by atoms with E-state index in [9.17, 15) is 14.7 Å². The van der Waals surface area contributed by atoms with Crippen LogP contribution >= 0.6 is 0 Å². The molecule has 3 aromatic rings. The van der Waals surface area contributed by atoms with Gasteiger partial charge in [-0.2, -0.15) is 0 Å². The predicted molar refractivity (Wildman–Crippen MR) is 137 cm³/mol. The third-order valence-corrected chi connectivity index (χ3v) is 6.21. The van der Waals surface area contributed by atoms with E-state index >= 15 is 0 Å². The summed E-state index contributed by atoms with van der Waals surface area (Å²) in [6, 6.07) is 11.9. The normalized spacial score (nSPS) is 17.8. The summed E-state index contributed by atoms with van der Waals surface area (Å²) in [7, 11) is 1.69. The minimum absolute atomic E-state index is 0.157. The Morgan fingerprint density at radius 3 is 2.62 bits per heavy atom. The van der Waals surface area contributed by atoms with Crippen LogP contribution in [0.15, 0.2) is 61.1 Å². The number of hydrogen-bond acceptors (Lipinski definition) is 7. The number of aromatic nitrogens is 3. The predicted octanol–water partition coefficient (Wildman–Crippen LogP) is 2.26. The first-order valence-corrected chi connectivity index (χ1v) is 12.1. The third kappa shape index (κ3) is 6.11. The van der Waals surface area contributed by atoms with Crippen molar-refractivity contribution >= 4 is 11.8 Å². The molecule has 190 valence electrons. The molecule has 0 fully saturated rings. The van der Waals surface area contributed by atoms with Crippen molar-refractivity contribution in [3.63, 3.8) is 0 Å². The van der Waals surface area contributed by atoms with Gasteiger partial charge in [-0.3, -0.25) is 14.6 Å². The zero-order valence-corrected chi connectivity index (χ0v) is 21.0. The van der Waals surface area contributed by atoms with Crippen LogP contribution in [0.25, 0.3) is 0 Å². The summed E-state index contributed by atoms with van der Waals surface area (Å²) in [5.74, 6) is 5.45. The number of carbonyl (C=O) groups is 2. The molecule has 0 radical (unpaired) electrons. The Kier molecular flexibility index (Phi) is 8.11. The molecule has 1 aliphatic rings. The Labute approximate surface area is 216 Å². The highest BCUT2D eigenvalue weighted by Gasteiger charge is 2.34. The van der Waals surface area contributed by atoms with Crippen LogP contribution in [0.1, 0.15) is 46.0 Å². The van der Waals surface area contributed by atoms with Crippen LogP contribution in [0.4, 0.5) is 0 Å². The van der Waals surface area contributed by atoms with E-state index < -0.39 is 12.1 Å². The molecule has 0 saturated heterocycles. The first-order chi connectivity index (χ1) is 17.9. The molecule has 37 heavy (non-hydrogen) atoms. The van der Waals surface area contributed by atoms with Crippen molar-refractivity contribution in [1.82, 2.24) is 24.8 Å². The number of hydrogen-bond donors (Lipinski definition) is 1. The van der Waals surface area contributed by atoms with Gasteiger partial charge in [-0.25, -0.2) is 9.97 Å². The van der Waals surface area contributed by atoms with Gasteiger partial charge in [-0.05, 0) is 43.2 Å². The summed E-state index contributed by atoms with van der Waals surface area (Å²) in [6.45, 7) is 4.14. The molecule has 9 heteroatoms. The molecule has 0 aromatic carbocycles. The number of amides is 2. The van der Waals surface area contributed by atoms with Gasteiger partial charge in [0.25, 0.3) is 11.8 Å². The molecule has 0 saturated carbocycles. The van der Waals surface area contributed by atoms with Gasteiger partial charge in [0.2, 0.25) is 5.88 Å². The topological polar surface area (TPSA) is 109 Å². The fourth-order valence-electron chi connectivity index (χ4n) is 4.00. The summed E-state index contributed by atoms with van der Waals surface area (Å²) >= 11 is 0. The van der Waals surface area contributed by atoms with Gasteiger partial charge in [-0.15, -0.1) is 0 Å². The molecule has 4 heterocycles. The lowest BCUT2D eigenvalue weighted by atomic mass is 9.99. The largest absolute Gasteiger partial charge is 0.472 e. The van der Waals surface area contributed by atoms with Crippen molar-refractivity contribution in [2.75, 3.05) is 26.7 Å². The van der Waals surface area contributed by atoms with Gasteiger partial charge in [-0.1, -0.05) is 25.0 Å². The summed E-state index contributed by atoms with van der Waals surface area (Å²) < 4.78 is 6.26. The van der Waals surface area contributed by atoms with E-state index in [2.05, 4.69) is 26.8 Å². The molecule has 4 rings (SSSR count). The summed E-state index contributed by atoms with van der Waals surface area (Å²) in [6.07, 6.45) is 4.32. The molecule has 3 atom stereocenters. The number of likely N-dealkylation sites (N-methyl/N-ethyl adjacent to an activating group) is 1. The van der Waals surface area contributed by atoms with Crippen LogP contribution in [0, 0.1) is 17.8 Å². The van der Waals surface area contributed by atoms with Gasteiger partial charge < -0.3 is 19.6 Å². The number of rotatable bonds is 5. The fourth-order valence-corrected chi connectivity index (χ4v) is 4.00. The first-order valence-electron chi connectivity index (χ1n) is 12.1. The van der Waals surface area contributed by atoms with Crippen LogP contribution in [0.3, 0.4) is 0 Å². The zero-order chi connectivity index (χ0) is 26.4. The number of carbonyl (C=O) groups excluding carboxylic acids is 2. The highest BCUT2D eigenvalue weighted by Crippen LogP contribution is 2.27. The molecule has 0 spiro atoms. The van der Waals surface area contributed by atoms with Gasteiger partial charge in [0.15, 0.2) is 0 Å². The van der Waals surface area contributed by atoms with E-state index in [1.807, 2.05) is 19.1 Å². The van der Waals surface area contributed by atoms with Crippen LogP contribution in [0.5, 0.6) is 5.88 Å². The molecule has 0 unspecified atom stereocenters. The van der Waals surface area contributed by atoms with Gasteiger partial charge in [0.05, 0.1) is 19.2 Å². The molecule has 3 aromatic heterocycles. The van der Waals surface area contributed by atoms with E-state index in [4.69, 9.17) is 4.74 Å². The van der Waals surface area contributed by atoms with Crippen molar-refractivity contribution in [3.8, 4) is 17.7 Å². The molecule has 1 N–H and O–H groups in total. The second-order valence-corrected chi connectivity index (χ2v) is 9.07. The Bertz CT molecular complexity index is 1310. The monoisotopic (exact) mass is 499 g/mol. The first kappa shape index (κ1) is 25.8. The molecule has 1 aliphatic heterocycles. The quantitative estimate of drug-likeness (QED) is 0.537. The lowest BCUT2D eigenvalue weighted by Crippen LogP contribution is -2.50. The highest BCUT2D eigenvalue weighted by molar-refractivity contribution is 5.97. The van der Waals surface area contributed by atoms with Crippen molar-refractivity contribution in [3.05, 3.63) is 83.6 Å². The fraction of sp³-hybridized carbons (Fsp3) is 0.321. The van der Waals surface area contributed by atoms with E-state index in [1.54, 1.807) is 72.7 Å². The van der Waals surface area contributed by atoms with Gasteiger partial charge in [0, 0.05) is 43.7 Å². The molecule has 0 aliphatic carbocycles. The number of pyridine rings is 3. The average Bonchev–Trinajstić information content (AvgIpc) is 2.94. The van der Waals surface area contributed by atoms with E-state index in [0.29, 0.717) is 23.5 Å². The van der Waals surface area contributed by atoms with Crippen molar-refractivity contribution in [2.45, 2.75) is 26.0 Å². The second-order valence-electron chi connectivity index (χ2n) is 9.07. The molecule has 9 nitrogen and oxygen atoms in total. The summed E-state index contributed by atoms with van der Waals surface area (Å²) in [4.78, 5) is 42.4. The smallest absolute Gasteiger partial charge is 0.272 e. The SMILES string of the molecule is C[C@H](CO)N1C[C@H](C)[C@@H](CN(C)C(=O)c2ccccn2)Oc2ncc(C#Cc3ccccn3)cc2C1=O. The maximum Gasteiger partial charge on any atom is 0.272 e. The van der Waals surface area contributed by atoms with Crippen molar-refractivity contribution < 1.29 is 19.4 Å². The Morgan fingerprint density at radius 2 is 1.95 bits per heavy atom. The Hall–Kier alpha value is -4.29. The van der Waals surface area contributed by atoms with Gasteiger partial charge >= 0.3 is 0 Å². The molecular weight excluding hydrogens is 470 g/mol. The van der Waals surface area contributed by atoms with E-state index in [0.717, 1.165) is 0 Å². The minimum atomic E-state index is -0.462. The minimum Gasteiger partial charge on any atom is -0.472 e. The van der Waals surface area contributed by atoms with Gasteiger partial charge in [0.1, 0.15) is 23.1 Å².